The average Bonchev–Trinajstić information content (AvgIpc) is 2.96. The van der Waals surface area contributed by atoms with Crippen LogP contribution in [0.2, 0.25) is 0 Å². The molecule has 0 bridgehead atoms. The number of amides is 1. The first-order chi connectivity index (χ1) is 12.9. The molecule has 0 fully saturated rings. The number of fused-ring (bicyclic) bond motifs is 1. The zero-order valence-corrected chi connectivity index (χ0v) is 15.5. The van der Waals surface area contributed by atoms with E-state index < -0.39 is 23.8 Å². The number of nitrogens with zero attached hydrogens (tertiary/aromatic N) is 2. The maximum absolute atomic E-state index is 13.1. The minimum Gasteiger partial charge on any atom is -0.303 e. The monoisotopic (exact) mass is 465 g/mol. The van der Waals surface area contributed by atoms with Gasteiger partial charge in [-0.25, -0.2) is 4.98 Å². The fourth-order valence-corrected chi connectivity index (χ4v) is 3.05. The molecule has 11 heteroatoms. The molecule has 0 radical (unpaired) electrons. The van der Waals surface area contributed by atoms with Gasteiger partial charge in [0.1, 0.15) is 5.65 Å². The van der Waals surface area contributed by atoms with E-state index in [1.807, 2.05) is 0 Å². The Morgan fingerprint density at radius 3 is 2.43 bits per heavy atom. The van der Waals surface area contributed by atoms with E-state index in [-0.39, 0.29) is 22.6 Å². The molecule has 0 aliphatic rings. The largest absolute Gasteiger partial charge is 0.471 e. The van der Waals surface area contributed by atoms with Gasteiger partial charge >= 0.3 is 18.3 Å². The zero-order valence-electron chi connectivity index (χ0n) is 13.9. The SMILES string of the molecule is Cc1c(Br)cn2cc(NC(=O)C(F)(F)F)nc2c1-c1cccc(C(F)(F)F)c1. The molecule has 0 atom stereocenters. The van der Waals surface area contributed by atoms with Crippen LogP contribution in [0.1, 0.15) is 11.1 Å². The summed E-state index contributed by atoms with van der Waals surface area (Å²) in [5, 5.41) is 1.63. The second kappa shape index (κ2) is 6.80. The van der Waals surface area contributed by atoms with E-state index in [2.05, 4.69) is 20.9 Å². The summed E-state index contributed by atoms with van der Waals surface area (Å²) < 4.78 is 78.3. The zero-order chi connectivity index (χ0) is 20.9. The van der Waals surface area contributed by atoms with Crippen molar-refractivity contribution in [2.45, 2.75) is 19.3 Å². The van der Waals surface area contributed by atoms with Gasteiger partial charge in [-0.1, -0.05) is 12.1 Å². The number of carbonyl (C=O) groups is 1. The highest BCUT2D eigenvalue weighted by Crippen LogP contribution is 2.37. The number of benzene rings is 1. The lowest BCUT2D eigenvalue weighted by atomic mass is 10.00. The van der Waals surface area contributed by atoms with Crippen molar-refractivity contribution < 1.29 is 31.1 Å². The first kappa shape index (κ1) is 20.2. The first-order valence-corrected chi connectivity index (χ1v) is 8.41. The summed E-state index contributed by atoms with van der Waals surface area (Å²) in [6.45, 7) is 1.63. The van der Waals surface area contributed by atoms with Crippen LogP contribution in [0.15, 0.2) is 41.1 Å². The molecule has 0 unspecified atom stereocenters. The average molecular weight is 466 g/mol. The number of imidazole rings is 1. The molecule has 0 aliphatic heterocycles. The summed E-state index contributed by atoms with van der Waals surface area (Å²) in [6.07, 6.45) is -7.04. The Hall–Kier alpha value is -2.56. The van der Waals surface area contributed by atoms with Crippen molar-refractivity contribution >= 4 is 33.3 Å². The summed E-state index contributed by atoms with van der Waals surface area (Å²) >= 11 is 3.28. The van der Waals surface area contributed by atoms with E-state index in [1.165, 1.54) is 22.7 Å². The van der Waals surface area contributed by atoms with Gasteiger partial charge in [-0.2, -0.15) is 26.3 Å². The molecular weight excluding hydrogens is 456 g/mol. The Kier molecular flexibility index (Phi) is 4.90. The quantitative estimate of drug-likeness (QED) is 0.501. The van der Waals surface area contributed by atoms with Gasteiger partial charge in [-0.05, 0) is 46.1 Å². The second-order valence-electron chi connectivity index (χ2n) is 5.86. The standard InChI is InChI=1S/C17H10BrF6N3O/c1-8-11(18)6-27-7-12(26-15(28)17(22,23)24)25-14(27)13(8)9-3-2-4-10(5-9)16(19,20)21/h2-7H,1H3,(H,26,28). The molecule has 1 aromatic carbocycles. The summed E-state index contributed by atoms with van der Waals surface area (Å²) in [5.74, 6) is -2.58. The van der Waals surface area contributed by atoms with Crippen molar-refractivity contribution in [1.82, 2.24) is 9.38 Å². The van der Waals surface area contributed by atoms with E-state index >= 15 is 0 Å². The van der Waals surface area contributed by atoms with Crippen LogP contribution in [0.3, 0.4) is 0 Å². The molecule has 148 valence electrons. The Morgan fingerprint density at radius 2 is 1.82 bits per heavy atom. The molecule has 0 saturated carbocycles. The minimum atomic E-state index is -5.10. The van der Waals surface area contributed by atoms with Crippen LogP contribution in [-0.2, 0) is 11.0 Å². The van der Waals surface area contributed by atoms with Crippen LogP contribution >= 0.6 is 15.9 Å². The minimum absolute atomic E-state index is 0.0949. The highest BCUT2D eigenvalue weighted by atomic mass is 79.9. The number of nitrogens with one attached hydrogen (secondary N) is 1. The lowest BCUT2D eigenvalue weighted by Crippen LogP contribution is -2.30. The molecule has 2 heterocycles. The van der Waals surface area contributed by atoms with Crippen LogP contribution in [0.4, 0.5) is 32.2 Å². The molecule has 0 spiro atoms. The van der Waals surface area contributed by atoms with Crippen LogP contribution in [0, 0.1) is 6.92 Å². The summed E-state index contributed by atoms with van der Waals surface area (Å²) in [4.78, 5) is 15.1. The Morgan fingerprint density at radius 1 is 1.14 bits per heavy atom. The molecule has 28 heavy (non-hydrogen) atoms. The number of alkyl halides is 6. The smallest absolute Gasteiger partial charge is 0.303 e. The van der Waals surface area contributed by atoms with Crippen LogP contribution in [0.25, 0.3) is 16.8 Å². The number of anilines is 1. The van der Waals surface area contributed by atoms with E-state index in [9.17, 15) is 31.1 Å². The number of hydrogen-bond donors (Lipinski definition) is 1. The lowest BCUT2D eigenvalue weighted by molar-refractivity contribution is -0.167. The second-order valence-corrected chi connectivity index (χ2v) is 6.72. The van der Waals surface area contributed by atoms with E-state index in [0.717, 1.165) is 18.3 Å². The number of pyridine rings is 1. The molecule has 0 saturated heterocycles. The van der Waals surface area contributed by atoms with E-state index in [1.54, 1.807) is 12.2 Å². The molecule has 1 amide bonds. The van der Waals surface area contributed by atoms with Gasteiger partial charge in [0.15, 0.2) is 5.82 Å². The number of hydrogen-bond acceptors (Lipinski definition) is 2. The van der Waals surface area contributed by atoms with Gasteiger partial charge in [-0.15, -0.1) is 0 Å². The van der Waals surface area contributed by atoms with Crippen LogP contribution in [-0.4, -0.2) is 21.5 Å². The van der Waals surface area contributed by atoms with E-state index in [0.29, 0.717) is 10.0 Å². The fraction of sp³-hybridized carbons (Fsp3) is 0.176. The highest BCUT2D eigenvalue weighted by molar-refractivity contribution is 9.10. The predicted octanol–water partition coefficient (Wildman–Crippen LogP) is 5.59. The summed E-state index contributed by atoms with van der Waals surface area (Å²) in [5.41, 5.74) is 0.217. The maximum atomic E-state index is 13.1. The predicted molar refractivity (Wildman–Crippen MR) is 92.8 cm³/mol. The van der Waals surface area contributed by atoms with E-state index in [4.69, 9.17) is 0 Å². The van der Waals surface area contributed by atoms with Crippen molar-refractivity contribution in [2.24, 2.45) is 0 Å². The maximum Gasteiger partial charge on any atom is 0.471 e. The third-order valence-electron chi connectivity index (χ3n) is 3.92. The first-order valence-electron chi connectivity index (χ1n) is 7.61. The van der Waals surface area contributed by atoms with Crippen molar-refractivity contribution in [2.75, 3.05) is 5.32 Å². The highest BCUT2D eigenvalue weighted by Gasteiger charge is 2.39. The van der Waals surface area contributed by atoms with Crippen molar-refractivity contribution in [3.63, 3.8) is 0 Å². The molecule has 1 N–H and O–H groups in total. The molecule has 0 aliphatic carbocycles. The number of carbonyl (C=O) groups excluding carboxylic acids is 1. The third kappa shape index (κ3) is 3.84. The van der Waals surface area contributed by atoms with Gasteiger partial charge in [-0.3, -0.25) is 4.79 Å². The summed E-state index contributed by atoms with van der Waals surface area (Å²) in [7, 11) is 0. The molecule has 4 nitrogen and oxygen atoms in total. The van der Waals surface area contributed by atoms with Gasteiger partial charge in [0.05, 0.1) is 11.8 Å². The number of aromatic nitrogens is 2. The molecule has 3 aromatic rings. The van der Waals surface area contributed by atoms with Gasteiger partial charge < -0.3 is 9.72 Å². The normalized spacial score (nSPS) is 12.4. The third-order valence-corrected chi connectivity index (χ3v) is 4.72. The van der Waals surface area contributed by atoms with Gasteiger partial charge in [0.25, 0.3) is 0 Å². The molecule has 2 aromatic heterocycles. The number of rotatable bonds is 2. The van der Waals surface area contributed by atoms with Crippen molar-refractivity contribution in [1.29, 1.82) is 0 Å². The fourth-order valence-electron chi connectivity index (χ4n) is 2.63. The Labute approximate surface area is 162 Å². The van der Waals surface area contributed by atoms with Gasteiger partial charge in [0.2, 0.25) is 0 Å². The van der Waals surface area contributed by atoms with Crippen molar-refractivity contribution in [3.8, 4) is 11.1 Å². The van der Waals surface area contributed by atoms with Crippen LogP contribution < -0.4 is 5.32 Å². The van der Waals surface area contributed by atoms with Crippen LogP contribution in [0.5, 0.6) is 0 Å². The number of halogens is 7. The Balaban J connectivity index is 2.17. The Bertz CT molecular complexity index is 1070. The lowest BCUT2D eigenvalue weighted by Gasteiger charge is -2.13. The van der Waals surface area contributed by atoms with Crippen molar-refractivity contribution in [3.05, 3.63) is 52.3 Å². The molecule has 3 rings (SSSR count). The topological polar surface area (TPSA) is 46.4 Å². The molecular formula is C17H10BrF6N3O. The van der Waals surface area contributed by atoms with Gasteiger partial charge in [0, 0.05) is 16.2 Å². The summed E-state index contributed by atoms with van der Waals surface area (Å²) in [6, 6.07) is 4.50.